The fourth-order valence-electron chi connectivity index (χ4n) is 15.0. The van der Waals surface area contributed by atoms with E-state index in [0.717, 1.165) is 142 Å². The maximum Gasteiger partial charge on any atom is 0.322 e. The summed E-state index contributed by atoms with van der Waals surface area (Å²) in [7, 11) is 0. The monoisotopic (exact) mass is 1240 g/mol. The molecule has 0 bridgehead atoms. The maximum atomic E-state index is 11.5. The van der Waals surface area contributed by atoms with Gasteiger partial charge in [0.25, 0.3) is 0 Å². The maximum absolute atomic E-state index is 11.5. The van der Waals surface area contributed by atoms with Gasteiger partial charge in [-0.2, -0.15) is 29.9 Å². The Kier molecular flexibility index (Phi) is 28.2. The van der Waals surface area contributed by atoms with Gasteiger partial charge in [-0.1, -0.05) is 53.4 Å². The molecular weight excluding hydrogens is 1110 g/mol. The third-order valence-electron chi connectivity index (χ3n) is 17.1. The molecule has 0 aliphatic carbocycles. The third kappa shape index (κ3) is 25.3. The lowest BCUT2D eigenvalue weighted by Gasteiger charge is -2.50. The number of carboxylic acids is 2. The van der Waals surface area contributed by atoms with E-state index in [1.165, 1.54) is 0 Å². The predicted octanol–water partition coefficient (Wildman–Crippen LogP) is 10.2. The number of aliphatic hydroxyl groups is 2. The van der Waals surface area contributed by atoms with Gasteiger partial charge in [0.05, 0.1) is 0 Å². The summed E-state index contributed by atoms with van der Waals surface area (Å²) in [5.41, 5.74) is -0.250. The first-order valence-electron chi connectivity index (χ1n) is 33.7. The molecule has 4 aliphatic rings. The number of nitrogens with one attached hydrogen (secondary N) is 6. The largest absolute Gasteiger partial charge is 0.480 e. The molecule has 22 nitrogen and oxygen atoms in total. The van der Waals surface area contributed by atoms with Crippen LogP contribution in [0.2, 0.25) is 0 Å². The van der Waals surface area contributed by atoms with Gasteiger partial charge in [0, 0.05) is 108 Å². The third-order valence-corrected chi connectivity index (χ3v) is 17.1. The Balaban J connectivity index is 0.000000344. The Morgan fingerprint density at radius 2 is 0.568 bits per heavy atom. The van der Waals surface area contributed by atoms with Gasteiger partial charge in [-0.25, -0.2) is 0 Å². The highest BCUT2D eigenvalue weighted by atomic mass is 16.4. The summed E-state index contributed by atoms with van der Waals surface area (Å²) in [6.45, 7) is 48.4. The van der Waals surface area contributed by atoms with E-state index in [0.29, 0.717) is 35.7 Å². The highest BCUT2D eigenvalue weighted by molar-refractivity contribution is 5.72. The molecule has 0 amide bonds. The number of nitrogens with zero attached hydrogens (tertiary/aromatic N) is 10. The first-order chi connectivity index (χ1) is 40.8. The first kappa shape index (κ1) is 76.0. The van der Waals surface area contributed by atoms with Crippen molar-refractivity contribution in [2.45, 2.75) is 323 Å². The molecule has 0 radical (unpaired) electrons. The molecule has 88 heavy (non-hydrogen) atoms. The van der Waals surface area contributed by atoms with Crippen molar-refractivity contribution in [3.63, 3.8) is 0 Å². The number of aliphatic hydroxyl groups excluding tert-OH is 2. The Hall–Kier alpha value is -4.48. The lowest BCUT2D eigenvalue weighted by Crippen LogP contribution is -2.63. The van der Waals surface area contributed by atoms with Gasteiger partial charge in [-0.05, 0) is 201 Å². The quantitative estimate of drug-likeness (QED) is 0.0339. The van der Waals surface area contributed by atoms with Crippen LogP contribution in [-0.2, 0) is 9.59 Å². The van der Waals surface area contributed by atoms with Crippen LogP contribution >= 0.6 is 0 Å². The van der Waals surface area contributed by atoms with Crippen molar-refractivity contribution < 1.29 is 30.0 Å². The molecule has 0 atom stereocenters. The second-order valence-electron chi connectivity index (χ2n) is 31.2. The second-order valence-corrected chi connectivity index (χ2v) is 31.2. The van der Waals surface area contributed by atoms with Gasteiger partial charge in [-0.15, -0.1) is 0 Å². The minimum absolute atomic E-state index is 0.0312. The molecule has 2 aromatic heterocycles. The standard InChI is InChI=1S/2C31H58N8O2.C4H10O2/c2*1-11-13-15-38(22-17-28(3,4)36-29(5,6)18-22)26-33-25(32-21-24(40)41)34-27(35-26)39(16-14-12-2)23-19-30(7,8)37-31(9,10)20-23;5-3-1-2-4-6/h2*22-23,36-37H,11-21H2,1-10H3,(H,40,41)(H,32,33,34,35);5-6H,1-4H2. The number of anilines is 6. The van der Waals surface area contributed by atoms with Crippen molar-refractivity contribution in [1.82, 2.24) is 51.2 Å². The molecule has 4 fully saturated rings. The van der Waals surface area contributed by atoms with Crippen LogP contribution < -0.4 is 51.5 Å². The zero-order valence-corrected chi connectivity index (χ0v) is 58.8. The predicted molar refractivity (Wildman–Crippen MR) is 362 cm³/mol. The highest BCUT2D eigenvalue weighted by Gasteiger charge is 2.45. The average molecular weight is 1240 g/mol. The minimum atomic E-state index is -0.942. The van der Waals surface area contributed by atoms with Crippen LogP contribution in [0.25, 0.3) is 0 Å². The van der Waals surface area contributed by atoms with Crippen LogP contribution in [0, 0.1) is 0 Å². The zero-order valence-electron chi connectivity index (χ0n) is 58.8. The summed E-state index contributed by atoms with van der Waals surface area (Å²) in [6.07, 6.45) is 17.6. The van der Waals surface area contributed by atoms with E-state index in [1.807, 2.05) is 0 Å². The van der Waals surface area contributed by atoms with E-state index in [4.69, 9.17) is 40.1 Å². The van der Waals surface area contributed by atoms with Gasteiger partial charge in [-0.3, -0.25) is 9.59 Å². The van der Waals surface area contributed by atoms with Crippen LogP contribution in [-0.4, -0.2) is 183 Å². The summed E-state index contributed by atoms with van der Waals surface area (Å²) in [4.78, 5) is 62.4. The van der Waals surface area contributed by atoms with Gasteiger partial charge in [0.15, 0.2) is 0 Å². The van der Waals surface area contributed by atoms with Crippen molar-refractivity contribution >= 4 is 47.6 Å². The van der Waals surface area contributed by atoms with Crippen LogP contribution in [0.4, 0.5) is 35.7 Å². The molecule has 0 spiro atoms. The average Bonchev–Trinajstić information content (AvgIpc) is 0.838. The summed E-state index contributed by atoms with van der Waals surface area (Å²) < 4.78 is 0. The van der Waals surface area contributed by atoms with E-state index < -0.39 is 11.9 Å². The highest BCUT2D eigenvalue weighted by Crippen LogP contribution is 2.39. The van der Waals surface area contributed by atoms with E-state index >= 15 is 0 Å². The number of carbonyl (C=O) groups is 2. The SMILES string of the molecule is CCCCN(c1nc(NCC(=O)O)nc(N(CCCC)C2CC(C)(C)NC(C)(C)C2)n1)C1CC(C)(C)NC(C)(C)C1.CCCCN(c1nc(NCC(=O)O)nc(N(CCCC)C2CC(C)(C)NC(C)(C)C2)n1)C1CC(C)(C)NC(C)(C)C1.OCCCCO. The van der Waals surface area contributed by atoms with E-state index in [1.54, 1.807) is 0 Å². The first-order valence-corrected chi connectivity index (χ1v) is 33.7. The normalized spacial score (nSPS) is 20.9. The van der Waals surface area contributed by atoms with Crippen LogP contribution in [0.1, 0.15) is 254 Å². The molecule has 4 aliphatic heterocycles. The second kappa shape index (κ2) is 32.7. The number of carboxylic acid groups (broad SMARTS) is 2. The number of aromatic nitrogens is 6. The van der Waals surface area contributed by atoms with E-state index in [9.17, 15) is 19.8 Å². The summed E-state index contributed by atoms with van der Waals surface area (Å²) in [5.74, 6) is 1.34. The van der Waals surface area contributed by atoms with Crippen LogP contribution in [0.5, 0.6) is 0 Å². The van der Waals surface area contributed by atoms with E-state index in [2.05, 4.69) is 190 Å². The Bertz CT molecular complexity index is 2090. The summed E-state index contributed by atoms with van der Waals surface area (Å²) in [6, 6.07) is 0.986. The Morgan fingerprint density at radius 3 is 0.727 bits per heavy atom. The summed E-state index contributed by atoms with van der Waals surface area (Å²) in [5, 5.41) is 56.2. The smallest absolute Gasteiger partial charge is 0.322 e. The van der Waals surface area contributed by atoms with Crippen molar-refractivity contribution in [3.8, 4) is 0 Å². The zero-order chi connectivity index (χ0) is 66.1. The molecule has 2 aromatic rings. The Morgan fingerprint density at radius 1 is 0.375 bits per heavy atom. The van der Waals surface area contributed by atoms with Gasteiger partial charge in [0.1, 0.15) is 13.1 Å². The molecule has 10 N–H and O–H groups in total. The fraction of sp³-hybridized carbons (Fsp3) is 0.879. The number of unbranched alkanes of at least 4 members (excludes halogenated alkanes) is 5. The molecule has 0 saturated carbocycles. The van der Waals surface area contributed by atoms with Crippen LogP contribution in [0.15, 0.2) is 0 Å². The van der Waals surface area contributed by atoms with Gasteiger partial charge in [0.2, 0.25) is 35.7 Å². The topological polar surface area (TPSA) is 278 Å². The van der Waals surface area contributed by atoms with Crippen LogP contribution in [0.3, 0.4) is 0 Å². The lowest BCUT2D eigenvalue weighted by molar-refractivity contribution is -0.136. The van der Waals surface area contributed by atoms with Crippen molar-refractivity contribution in [1.29, 1.82) is 0 Å². The molecule has 22 heteroatoms. The lowest BCUT2D eigenvalue weighted by atomic mass is 9.79. The number of piperidine rings is 4. The fourth-order valence-corrected chi connectivity index (χ4v) is 15.0. The molecule has 4 saturated heterocycles. The van der Waals surface area contributed by atoms with Gasteiger partial charge < -0.3 is 71.9 Å². The van der Waals surface area contributed by atoms with Crippen molar-refractivity contribution in [2.24, 2.45) is 0 Å². The Labute approximate surface area is 532 Å². The number of aliphatic carboxylic acids is 2. The molecular formula is C66H126N16O6. The van der Waals surface area contributed by atoms with Crippen molar-refractivity contribution in [2.75, 3.05) is 82.7 Å². The molecule has 6 heterocycles. The minimum Gasteiger partial charge on any atom is -0.480 e. The molecule has 6 rings (SSSR count). The number of hydrogen-bond acceptors (Lipinski definition) is 20. The number of rotatable bonds is 29. The van der Waals surface area contributed by atoms with Crippen molar-refractivity contribution in [3.05, 3.63) is 0 Å². The van der Waals surface area contributed by atoms with Gasteiger partial charge >= 0.3 is 11.9 Å². The summed E-state index contributed by atoms with van der Waals surface area (Å²) >= 11 is 0. The molecule has 0 aromatic carbocycles. The molecule has 0 unspecified atom stereocenters. The number of hydrogen-bond donors (Lipinski definition) is 10. The van der Waals surface area contributed by atoms with E-state index in [-0.39, 0.29) is 94.8 Å². The molecule has 506 valence electrons.